The van der Waals surface area contributed by atoms with Gasteiger partial charge in [-0.1, -0.05) is 35.5 Å². The summed E-state index contributed by atoms with van der Waals surface area (Å²) < 4.78 is 25.2. The number of halogens is 1. The van der Waals surface area contributed by atoms with Crippen LogP contribution in [0, 0.1) is 5.82 Å². The van der Waals surface area contributed by atoms with Gasteiger partial charge < -0.3 is 14.6 Å². The Morgan fingerprint density at radius 1 is 1.03 bits per heavy atom. The number of nitrogens with one attached hydrogen (secondary N) is 1. The Hall–Kier alpha value is -4.07. The van der Waals surface area contributed by atoms with Crippen LogP contribution in [0.1, 0.15) is 12.3 Å². The molecule has 1 N–H and O–H groups in total. The van der Waals surface area contributed by atoms with Crippen molar-refractivity contribution in [2.24, 2.45) is 0 Å². The minimum absolute atomic E-state index is 0.0222. The average molecular weight is 404 g/mol. The summed E-state index contributed by atoms with van der Waals surface area (Å²) in [6, 6.07) is 18.6. The second-order valence-electron chi connectivity index (χ2n) is 6.30. The number of aryl methyl sites for hydroxylation is 1. The molecule has 30 heavy (non-hydrogen) atoms. The highest BCUT2D eigenvalue weighted by molar-refractivity contribution is 5.92. The maximum atomic E-state index is 14.3. The topological polar surface area (TPSA) is 90.1 Å². The first kappa shape index (κ1) is 19.3. The van der Waals surface area contributed by atoms with Gasteiger partial charge in [0.2, 0.25) is 17.6 Å². The first-order chi connectivity index (χ1) is 14.7. The van der Waals surface area contributed by atoms with Gasteiger partial charge in [-0.15, -0.1) is 0 Å². The molecule has 0 aliphatic heterocycles. The van der Waals surface area contributed by atoms with E-state index in [1.54, 1.807) is 48.7 Å². The Labute approximate surface area is 171 Å². The van der Waals surface area contributed by atoms with Crippen LogP contribution in [0.15, 0.2) is 77.4 Å². The van der Waals surface area contributed by atoms with E-state index >= 15 is 0 Å². The van der Waals surface area contributed by atoms with Gasteiger partial charge in [-0.05, 0) is 36.4 Å². The predicted octanol–water partition coefficient (Wildman–Crippen LogP) is 4.63. The van der Waals surface area contributed by atoms with E-state index in [1.165, 1.54) is 12.1 Å². The smallest absolute Gasteiger partial charge is 0.227 e. The third-order valence-corrected chi connectivity index (χ3v) is 4.14. The molecule has 0 unspecified atom stereocenters. The van der Waals surface area contributed by atoms with Crippen molar-refractivity contribution in [3.8, 4) is 23.0 Å². The number of hydrogen-bond acceptors (Lipinski definition) is 6. The molecule has 2 aromatic heterocycles. The zero-order chi connectivity index (χ0) is 20.8. The van der Waals surface area contributed by atoms with Crippen LogP contribution in [0.25, 0.3) is 11.5 Å². The van der Waals surface area contributed by atoms with Gasteiger partial charge in [-0.2, -0.15) is 4.98 Å². The second-order valence-corrected chi connectivity index (χ2v) is 6.30. The van der Waals surface area contributed by atoms with Crippen LogP contribution in [-0.4, -0.2) is 21.0 Å². The van der Waals surface area contributed by atoms with Crippen LogP contribution in [0.3, 0.4) is 0 Å². The summed E-state index contributed by atoms with van der Waals surface area (Å²) in [5, 5.41) is 6.43. The maximum absolute atomic E-state index is 14.3. The molecule has 0 fully saturated rings. The number of rotatable bonds is 7. The number of pyridine rings is 1. The lowest BCUT2D eigenvalue weighted by Gasteiger charge is -2.13. The first-order valence-electron chi connectivity index (χ1n) is 9.24. The van der Waals surface area contributed by atoms with E-state index < -0.39 is 11.7 Å². The Morgan fingerprint density at radius 3 is 2.67 bits per heavy atom. The summed E-state index contributed by atoms with van der Waals surface area (Å²) in [6.45, 7) is 0. The van der Waals surface area contributed by atoms with Gasteiger partial charge >= 0.3 is 0 Å². The summed E-state index contributed by atoms with van der Waals surface area (Å²) >= 11 is 0. The number of carbonyl (C=O) groups excluding carboxylic acids is 1. The third-order valence-electron chi connectivity index (χ3n) is 4.14. The quantitative estimate of drug-likeness (QED) is 0.483. The zero-order valence-electron chi connectivity index (χ0n) is 15.8. The number of ether oxygens (including phenoxy) is 1. The van der Waals surface area contributed by atoms with Gasteiger partial charge in [0.15, 0.2) is 11.6 Å². The molecule has 7 nitrogen and oxygen atoms in total. The molecular weight excluding hydrogens is 387 g/mol. The fraction of sp³-hybridized carbons (Fsp3) is 0.0909. The fourth-order valence-corrected chi connectivity index (χ4v) is 2.70. The predicted molar refractivity (Wildman–Crippen MR) is 107 cm³/mol. The first-order valence-corrected chi connectivity index (χ1v) is 9.24. The Morgan fingerprint density at radius 2 is 1.87 bits per heavy atom. The van der Waals surface area contributed by atoms with Crippen molar-refractivity contribution in [1.82, 2.24) is 15.1 Å². The van der Waals surface area contributed by atoms with Crippen LogP contribution in [0.5, 0.6) is 11.5 Å². The van der Waals surface area contributed by atoms with E-state index in [9.17, 15) is 9.18 Å². The number of anilines is 1. The summed E-state index contributed by atoms with van der Waals surface area (Å²) in [5.74, 6) is 0.387. The van der Waals surface area contributed by atoms with Crippen molar-refractivity contribution < 1.29 is 18.4 Å². The number of hydrogen-bond donors (Lipinski definition) is 1. The number of nitrogens with zero attached hydrogens (tertiary/aromatic N) is 3. The van der Waals surface area contributed by atoms with Gasteiger partial charge in [0, 0.05) is 19.0 Å². The molecule has 0 spiro atoms. The zero-order valence-corrected chi connectivity index (χ0v) is 15.8. The Balaban J connectivity index is 1.40. The number of aromatic nitrogens is 3. The SMILES string of the molecule is O=C(CCc1nc(-c2ccccn2)no1)Nc1c(F)cccc1Oc1ccccc1. The van der Waals surface area contributed by atoms with Crippen molar-refractivity contribution in [3.63, 3.8) is 0 Å². The monoisotopic (exact) mass is 404 g/mol. The van der Waals surface area contributed by atoms with Crippen LogP contribution in [0.2, 0.25) is 0 Å². The highest BCUT2D eigenvalue weighted by atomic mass is 19.1. The van der Waals surface area contributed by atoms with E-state index in [0.717, 1.165) is 0 Å². The molecule has 8 heteroatoms. The van der Waals surface area contributed by atoms with Crippen LogP contribution < -0.4 is 10.1 Å². The molecular formula is C22H17FN4O3. The molecule has 0 saturated carbocycles. The highest BCUT2D eigenvalue weighted by Crippen LogP contribution is 2.31. The van der Waals surface area contributed by atoms with E-state index in [2.05, 4.69) is 20.4 Å². The average Bonchev–Trinajstić information content (AvgIpc) is 3.25. The second kappa shape index (κ2) is 8.95. The van der Waals surface area contributed by atoms with Crippen molar-refractivity contribution in [2.75, 3.05) is 5.32 Å². The van der Waals surface area contributed by atoms with Crippen LogP contribution >= 0.6 is 0 Å². The fourth-order valence-electron chi connectivity index (χ4n) is 2.70. The number of amides is 1. The van der Waals surface area contributed by atoms with Gasteiger partial charge in [0.1, 0.15) is 17.1 Å². The molecule has 0 aliphatic rings. The lowest BCUT2D eigenvalue weighted by molar-refractivity contribution is -0.116. The molecule has 2 heterocycles. The van der Waals surface area contributed by atoms with Gasteiger partial charge in [0.25, 0.3) is 0 Å². The standard InChI is InChI=1S/C22H17FN4O3/c23-16-9-6-11-18(29-15-7-2-1-3-8-15)21(16)25-19(28)12-13-20-26-22(27-30-20)17-10-4-5-14-24-17/h1-11,14H,12-13H2,(H,25,28). The van der Waals surface area contributed by atoms with Crippen molar-refractivity contribution in [3.05, 3.63) is 84.6 Å². The molecule has 2 aromatic carbocycles. The lowest BCUT2D eigenvalue weighted by atomic mass is 10.2. The number of carbonyl (C=O) groups is 1. The van der Waals surface area contributed by atoms with E-state index in [-0.39, 0.29) is 24.3 Å². The van der Waals surface area contributed by atoms with Crippen LogP contribution in [0.4, 0.5) is 10.1 Å². The number of benzene rings is 2. The molecule has 0 atom stereocenters. The summed E-state index contributed by atoms with van der Waals surface area (Å²) in [7, 11) is 0. The summed E-state index contributed by atoms with van der Waals surface area (Å²) in [5.41, 5.74) is 0.553. The van der Waals surface area contributed by atoms with Gasteiger partial charge in [-0.25, -0.2) is 4.39 Å². The molecule has 0 radical (unpaired) electrons. The van der Waals surface area contributed by atoms with E-state index in [0.29, 0.717) is 23.2 Å². The molecule has 0 saturated heterocycles. The molecule has 0 bridgehead atoms. The largest absolute Gasteiger partial charge is 0.455 e. The normalized spacial score (nSPS) is 10.6. The Kier molecular flexibility index (Phi) is 5.75. The maximum Gasteiger partial charge on any atom is 0.227 e. The molecule has 150 valence electrons. The van der Waals surface area contributed by atoms with Crippen molar-refractivity contribution >= 4 is 11.6 Å². The molecule has 4 rings (SSSR count). The Bertz CT molecular complexity index is 1130. The third kappa shape index (κ3) is 4.67. The van der Waals surface area contributed by atoms with Gasteiger partial charge in [0.05, 0.1) is 0 Å². The molecule has 4 aromatic rings. The molecule has 1 amide bonds. The summed E-state index contributed by atoms with van der Waals surface area (Å²) in [4.78, 5) is 20.8. The minimum Gasteiger partial charge on any atom is -0.455 e. The van der Waals surface area contributed by atoms with Gasteiger partial charge in [-0.3, -0.25) is 9.78 Å². The molecule has 0 aliphatic carbocycles. The summed E-state index contributed by atoms with van der Waals surface area (Å²) in [6.07, 6.45) is 1.86. The number of para-hydroxylation sites is 2. The van der Waals surface area contributed by atoms with E-state index in [4.69, 9.17) is 9.26 Å². The highest BCUT2D eigenvalue weighted by Gasteiger charge is 2.16. The van der Waals surface area contributed by atoms with Crippen molar-refractivity contribution in [1.29, 1.82) is 0 Å². The van der Waals surface area contributed by atoms with Crippen molar-refractivity contribution in [2.45, 2.75) is 12.8 Å². The minimum atomic E-state index is -0.591. The van der Waals surface area contributed by atoms with Crippen LogP contribution in [-0.2, 0) is 11.2 Å². The lowest BCUT2D eigenvalue weighted by Crippen LogP contribution is -2.14. The van der Waals surface area contributed by atoms with E-state index in [1.807, 2.05) is 12.1 Å².